The van der Waals surface area contributed by atoms with Gasteiger partial charge >= 0.3 is 0 Å². The van der Waals surface area contributed by atoms with Crippen LogP contribution in [0.1, 0.15) is 31.9 Å². The first-order valence-corrected chi connectivity index (χ1v) is 7.72. The highest BCUT2D eigenvalue weighted by molar-refractivity contribution is 9.10. The predicted octanol–water partition coefficient (Wildman–Crippen LogP) is 2.94. The molecule has 3 unspecified atom stereocenters. The van der Waals surface area contributed by atoms with E-state index in [0.29, 0.717) is 12.0 Å². The second-order valence-electron chi connectivity index (χ2n) is 5.50. The fourth-order valence-electron chi connectivity index (χ4n) is 2.57. The van der Waals surface area contributed by atoms with Crippen molar-refractivity contribution in [1.29, 1.82) is 0 Å². The maximum Gasteiger partial charge on any atom is 0.0599 e. The zero-order chi connectivity index (χ0) is 14.0. The highest BCUT2D eigenvalue weighted by atomic mass is 79.9. The number of rotatable bonds is 3. The van der Waals surface area contributed by atoms with Crippen molar-refractivity contribution >= 4 is 21.6 Å². The van der Waals surface area contributed by atoms with Crippen LogP contribution < -0.4 is 10.2 Å². The second-order valence-corrected chi connectivity index (χ2v) is 6.35. The second kappa shape index (κ2) is 6.25. The van der Waals surface area contributed by atoms with Gasteiger partial charge < -0.3 is 15.3 Å². The molecule has 1 aliphatic heterocycles. The van der Waals surface area contributed by atoms with Gasteiger partial charge in [0.25, 0.3) is 0 Å². The van der Waals surface area contributed by atoms with Crippen LogP contribution in [0.2, 0.25) is 0 Å². The van der Waals surface area contributed by atoms with E-state index in [4.69, 9.17) is 0 Å². The van der Waals surface area contributed by atoms with Crippen LogP contribution >= 0.6 is 15.9 Å². The van der Waals surface area contributed by atoms with Gasteiger partial charge in [0.05, 0.1) is 11.8 Å². The molecular weight excluding hydrogens is 304 g/mol. The van der Waals surface area contributed by atoms with Crippen molar-refractivity contribution < 1.29 is 5.11 Å². The van der Waals surface area contributed by atoms with Crippen LogP contribution in [0.5, 0.6) is 0 Å². The molecule has 2 N–H and O–H groups in total. The van der Waals surface area contributed by atoms with Crippen LogP contribution in [0.15, 0.2) is 22.7 Å². The summed E-state index contributed by atoms with van der Waals surface area (Å²) in [6, 6.07) is 6.90. The molecule has 3 atom stereocenters. The first kappa shape index (κ1) is 14.8. The van der Waals surface area contributed by atoms with Crippen LogP contribution in [-0.4, -0.2) is 31.3 Å². The Morgan fingerprint density at radius 1 is 1.47 bits per heavy atom. The molecule has 0 aromatic heterocycles. The topological polar surface area (TPSA) is 35.5 Å². The molecule has 0 spiro atoms. The maximum absolute atomic E-state index is 9.81. The number of aliphatic hydroxyl groups is 1. The lowest BCUT2D eigenvalue weighted by atomic mass is 9.96. The minimum Gasteiger partial charge on any atom is -0.393 e. The van der Waals surface area contributed by atoms with Gasteiger partial charge in [-0.2, -0.15) is 0 Å². The molecule has 1 saturated heterocycles. The molecule has 1 aromatic carbocycles. The Balaban J connectivity index is 2.17. The lowest BCUT2D eigenvalue weighted by Gasteiger charge is -2.36. The van der Waals surface area contributed by atoms with Gasteiger partial charge in [-0.15, -0.1) is 0 Å². The van der Waals surface area contributed by atoms with E-state index in [2.05, 4.69) is 58.2 Å². The summed E-state index contributed by atoms with van der Waals surface area (Å²) in [7, 11) is 1.97. The van der Waals surface area contributed by atoms with Gasteiger partial charge in [-0.25, -0.2) is 0 Å². The Morgan fingerprint density at radius 2 is 2.21 bits per heavy atom. The Morgan fingerprint density at radius 3 is 2.79 bits per heavy atom. The van der Waals surface area contributed by atoms with E-state index in [0.717, 1.165) is 24.0 Å². The van der Waals surface area contributed by atoms with E-state index >= 15 is 0 Å². The zero-order valence-electron chi connectivity index (χ0n) is 11.9. The average molecular weight is 327 g/mol. The monoisotopic (exact) mass is 326 g/mol. The van der Waals surface area contributed by atoms with E-state index < -0.39 is 0 Å². The summed E-state index contributed by atoms with van der Waals surface area (Å²) in [5, 5.41) is 13.1. The van der Waals surface area contributed by atoms with Gasteiger partial charge in [-0.3, -0.25) is 0 Å². The average Bonchev–Trinajstić information content (AvgIpc) is 2.41. The van der Waals surface area contributed by atoms with E-state index in [1.807, 2.05) is 7.05 Å². The summed E-state index contributed by atoms with van der Waals surface area (Å²) < 4.78 is 1.13. The summed E-state index contributed by atoms with van der Waals surface area (Å²) >= 11 is 3.68. The first-order chi connectivity index (χ1) is 9.02. The van der Waals surface area contributed by atoms with Crippen molar-refractivity contribution in [3.05, 3.63) is 28.2 Å². The molecule has 0 saturated carbocycles. The minimum absolute atomic E-state index is 0.154. The molecule has 1 heterocycles. The Labute approximate surface area is 124 Å². The summed E-state index contributed by atoms with van der Waals surface area (Å²) in [4.78, 5) is 2.36. The quantitative estimate of drug-likeness (QED) is 0.896. The number of benzene rings is 1. The fourth-order valence-corrected chi connectivity index (χ4v) is 3.21. The lowest BCUT2D eigenvalue weighted by Crippen LogP contribution is -2.42. The molecule has 19 heavy (non-hydrogen) atoms. The smallest absolute Gasteiger partial charge is 0.0599 e. The van der Waals surface area contributed by atoms with Crippen molar-refractivity contribution in [2.45, 2.75) is 32.4 Å². The van der Waals surface area contributed by atoms with Gasteiger partial charge in [0, 0.05) is 23.6 Å². The van der Waals surface area contributed by atoms with Crippen LogP contribution in [-0.2, 0) is 0 Å². The van der Waals surface area contributed by atoms with Crippen LogP contribution in [0, 0.1) is 5.92 Å². The molecule has 4 heteroatoms. The number of aliphatic hydroxyl groups excluding tert-OH is 1. The third-order valence-corrected chi connectivity index (χ3v) is 4.74. The number of piperidine rings is 1. The number of nitrogens with one attached hydrogen (secondary N) is 1. The van der Waals surface area contributed by atoms with Crippen molar-refractivity contribution in [3.8, 4) is 0 Å². The zero-order valence-corrected chi connectivity index (χ0v) is 13.4. The standard InChI is InChI=1S/C15H23BrN2O/c1-10-9-18(7-6-15(10)19)14-5-4-12(8-13(14)16)11(2)17-3/h4-5,8,10-11,15,17,19H,6-7,9H2,1-3H3. The highest BCUT2D eigenvalue weighted by Crippen LogP contribution is 2.32. The number of nitrogens with zero attached hydrogens (tertiary/aromatic N) is 1. The van der Waals surface area contributed by atoms with E-state index in [-0.39, 0.29) is 6.10 Å². The Hall–Kier alpha value is -0.580. The molecular formula is C15H23BrN2O. The van der Waals surface area contributed by atoms with E-state index in [1.54, 1.807) is 0 Å². The van der Waals surface area contributed by atoms with E-state index in [9.17, 15) is 5.11 Å². The molecule has 0 radical (unpaired) electrons. The van der Waals surface area contributed by atoms with Gasteiger partial charge in [0.15, 0.2) is 0 Å². The summed E-state index contributed by atoms with van der Waals surface area (Å²) in [6.07, 6.45) is 0.695. The number of halogens is 1. The number of hydrogen-bond acceptors (Lipinski definition) is 3. The molecule has 1 aliphatic rings. The molecule has 2 rings (SSSR count). The highest BCUT2D eigenvalue weighted by Gasteiger charge is 2.25. The van der Waals surface area contributed by atoms with Crippen LogP contribution in [0.3, 0.4) is 0 Å². The molecule has 0 aliphatic carbocycles. The van der Waals surface area contributed by atoms with Gasteiger partial charge in [-0.1, -0.05) is 13.0 Å². The summed E-state index contributed by atoms with van der Waals surface area (Å²) in [6.45, 7) is 6.11. The first-order valence-electron chi connectivity index (χ1n) is 6.92. The summed E-state index contributed by atoms with van der Waals surface area (Å²) in [5.74, 6) is 0.330. The lowest BCUT2D eigenvalue weighted by molar-refractivity contribution is 0.0970. The summed E-state index contributed by atoms with van der Waals surface area (Å²) in [5.41, 5.74) is 2.51. The SMILES string of the molecule is CNC(C)c1ccc(N2CCC(O)C(C)C2)c(Br)c1. The predicted molar refractivity (Wildman–Crippen MR) is 83.6 cm³/mol. The number of anilines is 1. The van der Waals surface area contributed by atoms with Crippen LogP contribution in [0.25, 0.3) is 0 Å². The third-order valence-electron chi connectivity index (χ3n) is 4.11. The Bertz CT molecular complexity index is 438. The van der Waals surface area contributed by atoms with Crippen molar-refractivity contribution in [1.82, 2.24) is 5.32 Å². The maximum atomic E-state index is 9.81. The number of hydrogen-bond donors (Lipinski definition) is 2. The van der Waals surface area contributed by atoms with Gasteiger partial charge in [-0.05, 0) is 59.9 Å². The third kappa shape index (κ3) is 3.30. The molecule has 0 amide bonds. The normalized spacial score (nSPS) is 25.4. The van der Waals surface area contributed by atoms with Crippen molar-refractivity contribution in [3.63, 3.8) is 0 Å². The van der Waals surface area contributed by atoms with Crippen LogP contribution in [0.4, 0.5) is 5.69 Å². The van der Waals surface area contributed by atoms with E-state index in [1.165, 1.54) is 11.3 Å². The van der Waals surface area contributed by atoms with Gasteiger partial charge in [0.1, 0.15) is 0 Å². The molecule has 1 fully saturated rings. The Kier molecular flexibility index (Phi) is 4.87. The fraction of sp³-hybridized carbons (Fsp3) is 0.600. The van der Waals surface area contributed by atoms with Crippen molar-refractivity contribution in [2.24, 2.45) is 5.92 Å². The molecule has 0 bridgehead atoms. The largest absolute Gasteiger partial charge is 0.393 e. The van der Waals surface area contributed by atoms with Crippen molar-refractivity contribution in [2.75, 3.05) is 25.0 Å². The van der Waals surface area contributed by atoms with Gasteiger partial charge in [0.2, 0.25) is 0 Å². The molecule has 106 valence electrons. The minimum atomic E-state index is -0.154. The molecule has 3 nitrogen and oxygen atoms in total. The molecule has 1 aromatic rings.